The number of methoxy groups -OCH3 is 1. The molecule has 33 heavy (non-hydrogen) atoms. The summed E-state index contributed by atoms with van der Waals surface area (Å²) in [6.45, 7) is 0. The van der Waals surface area contributed by atoms with Gasteiger partial charge >= 0.3 is 0 Å². The van der Waals surface area contributed by atoms with Crippen molar-refractivity contribution in [3.05, 3.63) is 94.5 Å². The van der Waals surface area contributed by atoms with Crippen LogP contribution in [0.25, 0.3) is 0 Å². The summed E-state index contributed by atoms with van der Waals surface area (Å²) in [6.07, 6.45) is -1.06. The first-order valence-electron chi connectivity index (χ1n) is 10.3. The van der Waals surface area contributed by atoms with Crippen LogP contribution in [0, 0.1) is 16.0 Å². The molecule has 0 saturated carbocycles. The van der Waals surface area contributed by atoms with Gasteiger partial charge in [0.1, 0.15) is 11.7 Å². The molecular weight excluding hydrogens is 426 g/mol. The van der Waals surface area contributed by atoms with Gasteiger partial charge in [0, 0.05) is 18.2 Å². The molecule has 3 unspecified atom stereocenters. The van der Waals surface area contributed by atoms with Crippen molar-refractivity contribution in [1.29, 1.82) is 0 Å². The van der Waals surface area contributed by atoms with Gasteiger partial charge in [0.2, 0.25) is 5.91 Å². The minimum Gasteiger partial charge on any atom is -0.497 e. The second-order valence-electron chi connectivity index (χ2n) is 7.72. The van der Waals surface area contributed by atoms with Gasteiger partial charge in [-0.15, -0.1) is 0 Å². The fourth-order valence-corrected chi connectivity index (χ4v) is 4.38. The van der Waals surface area contributed by atoms with Gasteiger partial charge < -0.3 is 4.74 Å². The van der Waals surface area contributed by atoms with Crippen LogP contribution in [0.1, 0.15) is 11.6 Å². The second kappa shape index (κ2) is 8.03. The van der Waals surface area contributed by atoms with Crippen LogP contribution in [0.5, 0.6) is 5.75 Å². The summed E-state index contributed by atoms with van der Waals surface area (Å²) in [5, 5.41) is 12.9. The van der Waals surface area contributed by atoms with E-state index in [1.807, 2.05) is 18.2 Å². The summed E-state index contributed by atoms with van der Waals surface area (Å²) in [5.41, 5.74) is 1.42. The highest BCUT2D eigenvalue weighted by molar-refractivity contribution is 6.24. The lowest BCUT2D eigenvalue weighted by Gasteiger charge is -2.28. The maximum Gasteiger partial charge on any atom is 0.269 e. The van der Waals surface area contributed by atoms with Crippen molar-refractivity contribution in [1.82, 2.24) is 0 Å². The van der Waals surface area contributed by atoms with Crippen LogP contribution in [0.4, 0.5) is 17.1 Å². The summed E-state index contributed by atoms with van der Waals surface area (Å²) in [6, 6.07) is 21.0. The van der Waals surface area contributed by atoms with Gasteiger partial charge in [-0.3, -0.25) is 24.5 Å². The second-order valence-corrected chi connectivity index (χ2v) is 7.72. The van der Waals surface area contributed by atoms with Crippen LogP contribution < -0.4 is 14.7 Å². The van der Waals surface area contributed by atoms with E-state index in [1.54, 1.807) is 48.5 Å². The van der Waals surface area contributed by atoms with Crippen LogP contribution in [0.3, 0.4) is 0 Å². The molecule has 166 valence electrons. The molecule has 3 aromatic carbocycles. The third kappa shape index (κ3) is 3.39. The number of carbonyl (C=O) groups is 2. The number of nitro benzene ring substituents is 1. The van der Waals surface area contributed by atoms with Crippen LogP contribution >= 0.6 is 0 Å². The molecule has 9 nitrogen and oxygen atoms in total. The van der Waals surface area contributed by atoms with Crippen LogP contribution in [-0.4, -0.2) is 30.0 Å². The van der Waals surface area contributed by atoms with Gasteiger partial charge in [0.05, 0.1) is 29.4 Å². The third-order valence-corrected chi connectivity index (χ3v) is 5.86. The molecule has 3 aromatic rings. The van der Waals surface area contributed by atoms with Crippen LogP contribution in [-0.2, 0) is 14.4 Å². The number of anilines is 2. The van der Waals surface area contributed by atoms with Crippen molar-refractivity contribution in [3.63, 3.8) is 0 Å². The van der Waals surface area contributed by atoms with Gasteiger partial charge in [-0.1, -0.05) is 36.4 Å². The zero-order valence-electron chi connectivity index (χ0n) is 17.5. The first-order chi connectivity index (χ1) is 16.0. The number of ether oxygens (including phenoxy) is 1. The van der Waals surface area contributed by atoms with E-state index in [0.29, 0.717) is 22.7 Å². The van der Waals surface area contributed by atoms with Crippen LogP contribution in [0.15, 0.2) is 78.9 Å². The predicted octanol–water partition coefficient (Wildman–Crippen LogP) is 3.65. The Bertz CT molecular complexity index is 1250. The highest BCUT2D eigenvalue weighted by atomic mass is 16.7. The van der Waals surface area contributed by atoms with E-state index in [9.17, 15) is 19.7 Å². The van der Waals surface area contributed by atoms with E-state index in [4.69, 9.17) is 9.57 Å². The number of nitrogens with zero attached hydrogens (tertiary/aromatic N) is 3. The number of non-ortho nitro benzene ring substituents is 1. The molecule has 0 aliphatic carbocycles. The molecule has 2 heterocycles. The maximum absolute atomic E-state index is 13.6. The zero-order chi connectivity index (χ0) is 23.1. The smallest absolute Gasteiger partial charge is 0.269 e. The first-order valence-corrected chi connectivity index (χ1v) is 10.3. The lowest BCUT2D eigenvalue weighted by Crippen LogP contribution is -2.37. The van der Waals surface area contributed by atoms with Gasteiger partial charge in [-0.05, 0) is 29.8 Å². The number of para-hydroxylation sites is 1. The normalized spacial score (nSPS) is 21.9. The maximum atomic E-state index is 13.6. The van der Waals surface area contributed by atoms with Crippen molar-refractivity contribution >= 4 is 28.9 Å². The summed E-state index contributed by atoms with van der Waals surface area (Å²) < 4.78 is 5.23. The van der Waals surface area contributed by atoms with Gasteiger partial charge in [-0.2, -0.15) is 0 Å². The molecule has 0 N–H and O–H groups in total. The predicted molar refractivity (Wildman–Crippen MR) is 119 cm³/mol. The molecule has 3 atom stereocenters. The largest absolute Gasteiger partial charge is 0.497 e. The summed E-state index contributed by atoms with van der Waals surface area (Å²) in [7, 11) is 1.50. The molecule has 2 amide bonds. The fraction of sp³-hybridized carbons (Fsp3) is 0.167. The first kappa shape index (κ1) is 20.7. The molecule has 2 saturated heterocycles. The number of amides is 2. The lowest BCUT2D eigenvalue weighted by molar-refractivity contribution is -0.384. The molecule has 2 aliphatic rings. The van der Waals surface area contributed by atoms with E-state index in [1.165, 1.54) is 24.3 Å². The molecule has 0 spiro atoms. The molecule has 0 bridgehead atoms. The number of hydrogen-bond donors (Lipinski definition) is 0. The molecule has 9 heteroatoms. The Labute approximate surface area is 188 Å². The van der Waals surface area contributed by atoms with Crippen molar-refractivity contribution < 1.29 is 24.1 Å². The zero-order valence-corrected chi connectivity index (χ0v) is 17.5. The SMILES string of the molecule is COc1cccc(N2C(=O)C3ON(c4ccccc4)C(c4cccc([N+](=O)[O-])c4)C3C2=O)c1. The van der Waals surface area contributed by atoms with E-state index in [0.717, 1.165) is 4.90 Å². The van der Waals surface area contributed by atoms with Gasteiger partial charge in [0.15, 0.2) is 6.10 Å². The summed E-state index contributed by atoms with van der Waals surface area (Å²) in [4.78, 5) is 45.0. The number of nitro groups is 1. The quantitative estimate of drug-likeness (QED) is 0.336. The average Bonchev–Trinajstić information content (AvgIpc) is 3.35. The minimum atomic E-state index is -1.06. The number of hydrogen-bond acceptors (Lipinski definition) is 7. The van der Waals surface area contributed by atoms with Crippen LogP contribution in [0.2, 0.25) is 0 Å². The fourth-order valence-electron chi connectivity index (χ4n) is 4.38. The van der Waals surface area contributed by atoms with E-state index < -0.39 is 34.8 Å². The standard InChI is InChI=1S/C24H19N3O6/c1-32-19-12-6-10-17(14-19)25-23(28)20-21(15-7-5-11-18(13-15)27(30)31)26(33-22(20)24(25)29)16-8-3-2-4-9-16/h2-14,20-22H,1H3. The Morgan fingerprint density at radius 2 is 1.64 bits per heavy atom. The van der Waals surface area contributed by atoms with E-state index in [-0.39, 0.29) is 5.69 Å². The minimum absolute atomic E-state index is 0.106. The molecule has 0 radical (unpaired) electrons. The van der Waals surface area contributed by atoms with Gasteiger partial charge in [-0.25, -0.2) is 9.96 Å². The monoisotopic (exact) mass is 445 g/mol. The van der Waals surface area contributed by atoms with Crippen molar-refractivity contribution in [3.8, 4) is 5.75 Å². The highest BCUT2D eigenvalue weighted by Gasteiger charge is 2.60. The average molecular weight is 445 g/mol. The number of carbonyl (C=O) groups excluding carboxylic acids is 2. The topological polar surface area (TPSA) is 102 Å². The Kier molecular flexibility index (Phi) is 5.02. The Morgan fingerprint density at radius 1 is 0.909 bits per heavy atom. The number of benzene rings is 3. The Morgan fingerprint density at radius 3 is 2.36 bits per heavy atom. The number of fused-ring (bicyclic) bond motifs is 1. The summed E-state index contributed by atoms with van der Waals surface area (Å²) >= 11 is 0. The molecule has 0 aromatic heterocycles. The third-order valence-electron chi connectivity index (χ3n) is 5.86. The van der Waals surface area contributed by atoms with Gasteiger partial charge in [0.25, 0.3) is 11.6 Å². The Balaban J connectivity index is 1.60. The van der Waals surface area contributed by atoms with Crippen molar-refractivity contribution in [2.45, 2.75) is 12.1 Å². The summed E-state index contributed by atoms with van der Waals surface area (Å²) in [5.74, 6) is -1.31. The Hall–Kier alpha value is -4.24. The lowest BCUT2D eigenvalue weighted by atomic mass is 9.90. The highest BCUT2D eigenvalue weighted by Crippen LogP contribution is 2.48. The number of rotatable bonds is 5. The number of imide groups is 1. The van der Waals surface area contributed by atoms with E-state index in [2.05, 4.69) is 0 Å². The number of hydroxylamine groups is 1. The van der Waals surface area contributed by atoms with E-state index >= 15 is 0 Å². The van der Waals surface area contributed by atoms with Crippen molar-refractivity contribution in [2.75, 3.05) is 17.1 Å². The molecule has 2 aliphatic heterocycles. The van der Waals surface area contributed by atoms with Crippen molar-refractivity contribution in [2.24, 2.45) is 5.92 Å². The molecular formula is C24H19N3O6. The molecule has 2 fully saturated rings. The molecule has 5 rings (SSSR count).